The van der Waals surface area contributed by atoms with Gasteiger partial charge in [-0.15, -0.1) is 11.3 Å². The highest BCUT2D eigenvalue weighted by Gasteiger charge is 2.20. The fourth-order valence-electron chi connectivity index (χ4n) is 2.43. The third-order valence-electron chi connectivity index (χ3n) is 3.48. The number of fused-ring (bicyclic) bond motifs is 1. The number of hydrogen-bond acceptors (Lipinski definition) is 4. The van der Waals surface area contributed by atoms with Crippen LogP contribution in [0.4, 0.5) is 0 Å². The Morgan fingerprint density at radius 1 is 1.35 bits per heavy atom. The minimum Gasteiger partial charge on any atom is -0.496 e. The van der Waals surface area contributed by atoms with E-state index >= 15 is 0 Å². The maximum absolute atomic E-state index is 6.48. The van der Waals surface area contributed by atoms with E-state index < -0.39 is 0 Å². The van der Waals surface area contributed by atoms with Gasteiger partial charge in [-0.2, -0.15) is 11.8 Å². The Balaban J connectivity index is 1.97. The summed E-state index contributed by atoms with van der Waals surface area (Å²) in [5.74, 6) is 3.19. The first-order valence-corrected chi connectivity index (χ1v) is 9.23. The molecule has 0 bridgehead atoms. The molecule has 2 aromatic rings. The van der Waals surface area contributed by atoms with E-state index in [4.69, 9.17) is 10.5 Å². The molecule has 106 valence electrons. The summed E-state index contributed by atoms with van der Waals surface area (Å²) < 4.78 is 6.47. The van der Waals surface area contributed by atoms with Crippen molar-refractivity contribution in [3.8, 4) is 5.75 Å². The first-order valence-electron chi connectivity index (χ1n) is 6.47. The van der Waals surface area contributed by atoms with E-state index in [0.29, 0.717) is 0 Å². The number of rotatable bonds is 3. The lowest BCUT2D eigenvalue weighted by molar-refractivity contribution is 0.408. The Kier molecular flexibility index (Phi) is 4.40. The zero-order valence-corrected chi connectivity index (χ0v) is 14.4. The van der Waals surface area contributed by atoms with Crippen molar-refractivity contribution in [2.45, 2.75) is 18.2 Å². The second kappa shape index (κ2) is 6.10. The Bertz CT molecular complexity index is 603. The van der Waals surface area contributed by atoms with Gasteiger partial charge in [0, 0.05) is 25.5 Å². The maximum Gasteiger partial charge on any atom is 0.124 e. The second-order valence-electron chi connectivity index (χ2n) is 4.76. The molecule has 0 amide bonds. The Hall–Kier alpha value is -0.490. The predicted molar refractivity (Wildman–Crippen MR) is 90.9 cm³/mol. The minimum absolute atomic E-state index is 0.122. The number of ether oxygens (including phenoxy) is 1. The molecular weight excluding hydrogens is 354 g/mol. The average Bonchev–Trinajstić information content (AvgIpc) is 2.90. The summed E-state index contributed by atoms with van der Waals surface area (Å²) in [4.78, 5) is 2.73. The summed E-state index contributed by atoms with van der Waals surface area (Å²) in [5.41, 5.74) is 8.98. The molecule has 0 saturated carbocycles. The molecule has 20 heavy (non-hydrogen) atoms. The lowest BCUT2D eigenvalue weighted by atomic mass is 10.0. The highest BCUT2D eigenvalue weighted by Crippen LogP contribution is 2.38. The van der Waals surface area contributed by atoms with Crippen LogP contribution in [0, 0.1) is 0 Å². The molecular formula is C15H16BrNOS2. The van der Waals surface area contributed by atoms with Gasteiger partial charge in [-0.25, -0.2) is 0 Å². The molecule has 1 unspecified atom stereocenters. The molecule has 1 aromatic carbocycles. The van der Waals surface area contributed by atoms with E-state index in [1.165, 1.54) is 27.5 Å². The second-order valence-corrected chi connectivity index (χ2v) is 7.95. The zero-order valence-electron chi connectivity index (χ0n) is 11.2. The molecule has 2 heterocycles. The van der Waals surface area contributed by atoms with Crippen molar-refractivity contribution in [1.29, 1.82) is 0 Å². The fourth-order valence-corrected chi connectivity index (χ4v) is 5.20. The molecule has 0 fully saturated rings. The van der Waals surface area contributed by atoms with E-state index in [2.05, 4.69) is 28.1 Å². The standard InChI is InChI=1S/C15H16BrNOS2/c1-18-12-3-2-10(16)7-11(12)15(17)14-6-9-8-19-5-4-13(9)20-14/h2-3,6-7,15H,4-5,8,17H2,1H3. The molecule has 1 aliphatic rings. The van der Waals surface area contributed by atoms with Crippen LogP contribution in [0.15, 0.2) is 28.7 Å². The van der Waals surface area contributed by atoms with Crippen molar-refractivity contribution in [1.82, 2.24) is 0 Å². The predicted octanol–water partition coefficient (Wildman–Crippen LogP) is 4.36. The number of halogens is 1. The van der Waals surface area contributed by atoms with Crippen LogP contribution >= 0.6 is 39.0 Å². The number of thiophene rings is 1. The van der Waals surface area contributed by atoms with Gasteiger partial charge in [0.15, 0.2) is 0 Å². The van der Waals surface area contributed by atoms with Gasteiger partial charge in [-0.05, 0) is 42.0 Å². The van der Waals surface area contributed by atoms with Crippen molar-refractivity contribution in [3.05, 3.63) is 49.6 Å². The lowest BCUT2D eigenvalue weighted by Gasteiger charge is -2.14. The summed E-state index contributed by atoms with van der Waals surface area (Å²) in [5, 5.41) is 0. The quantitative estimate of drug-likeness (QED) is 0.872. The van der Waals surface area contributed by atoms with Crippen LogP contribution in [0.2, 0.25) is 0 Å². The van der Waals surface area contributed by atoms with Crippen LogP contribution in [0.5, 0.6) is 5.75 Å². The zero-order chi connectivity index (χ0) is 14.1. The largest absolute Gasteiger partial charge is 0.496 e. The minimum atomic E-state index is -0.122. The summed E-state index contributed by atoms with van der Waals surface area (Å²) in [6, 6.07) is 8.14. The lowest BCUT2D eigenvalue weighted by Crippen LogP contribution is -2.11. The van der Waals surface area contributed by atoms with Crippen LogP contribution in [-0.2, 0) is 12.2 Å². The number of benzene rings is 1. The van der Waals surface area contributed by atoms with E-state index in [1.54, 1.807) is 7.11 Å². The van der Waals surface area contributed by atoms with Crippen molar-refractivity contribution < 1.29 is 4.74 Å². The first-order chi connectivity index (χ1) is 9.69. The molecule has 1 aromatic heterocycles. The molecule has 0 radical (unpaired) electrons. The third kappa shape index (κ3) is 2.77. The Morgan fingerprint density at radius 3 is 2.95 bits per heavy atom. The molecule has 2 N–H and O–H groups in total. The molecule has 2 nitrogen and oxygen atoms in total. The summed E-state index contributed by atoms with van der Waals surface area (Å²) in [6.07, 6.45) is 1.17. The van der Waals surface area contributed by atoms with Crippen LogP contribution in [0.3, 0.4) is 0 Å². The molecule has 0 saturated heterocycles. The van der Waals surface area contributed by atoms with Crippen LogP contribution < -0.4 is 10.5 Å². The van der Waals surface area contributed by atoms with Crippen molar-refractivity contribution in [2.24, 2.45) is 5.73 Å². The average molecular weight is 370 g/mol. The normalized spacial score (nSPS) is 15.8. The molecule has 0 aliphatic carbocycles. The van der Waals surface area contributed by atoms with Crippen LogP contribution in [0.25, 0.3) is 0 Å². The number of thioether (sulfide) groups is 1. The highest BCUT2D eigenvalue weighted by atomic mass is 79.9. The van der Waals surface area contributed by atoms with Gasteiger partial charge in [-0.1, -0.05) is 15.9 Å². The highest BCUT2D eigenvalue weighted by molar-refractivity contribution is 9.10. The maximum atomic E-state index is 6.48. The fraction of sp³-hybridized carbons (Fsp3) is 0.333. The van der Waals surface area contributed by atoms with Crippen molar-refractivity contribution in [3.63, 3.8) is 0 Å². The van der Waals surface area contributed by atoms with Gasteiger partial charge in [0.25, 0.3) is 0 Å². The first kappa shape index (κ1) is 14.4. The van der Waals surface area contributed by atoms with Gasteiger partial charge in [-0.3, -0.25) is 0 Å². The molecule has 0 spiro atoms. The summed E-state index contributed by atoms with van der Waals surface area (Å²) >= 11 is 7.37. The number of hydrogen-bond donors (Lipinski definition) is 1. The van der Waals surface area contributed by atoms with Gasteiger partial charge >= 0.3 is 0 Å². The topological polar surface area (TPSA) is 35.2 Å². The molecule has 3 rings (SSSR count). The number of nitrogens with two attached hydrogens (primary N) is 1. The summed E-state index contributed by atoms with van der Waals surface area (Å²) in [6.45, 7) is 0. The van der Waals surface area contributed by atoms with Gasteiger partial charge < -0.3 is 10.5 Å². The van der Waals surface area contributed by atoms with Crippen LogP contribution in [0.1, 0.15) is 26.9 Å². The van der Waals surface area contributed by atoms with E-state index in [1.807, 2.05) is 35.2 Å². The Labute approximate surface area is 135 Å². The van der Waals surface area contributed by atoms with Gasteiger partial charge in [0.1, 0.15) is 5.75 Å². The SMILES string of the molecule is COc1ccc(Br)cc1C(N)c1cc2c(s1)CCSC2. The van der Waals surface area contributed by atoms with E-state index in [9.17, 15) is 0 Å². The Morgan fingerprint density at radius 2 is 2.20 bits per heavy atom. The molecule has 1 aliphatic heterocycles. The smallest absolute Gasteiger partial charge is 0.124 e. The monoisotopic (exact) mass is 369 g/mol. The van der Waals surface area contributed by atoms with E-state index in [-0.39, 0.29) is 6.04 Å². The summed E-state index contributed by atoms with van der Waals surface area (Å²) in [7, 11) is 1.69. The third-order valence-corrected chi connectivity index (χ3v) is 6.30. The number of aryl methyl sites for hydroxylation is 1. The van der Waals surface area contributed by atoms with Gasteiger partial charge in [0.2, 0.25) is 0 Å². The van der Waals surface area contributed by atoms with Gasteiger partial charge in [0.05, 0.1) is 13.2 Å². The number of methoxy groups -OCH3 is 1. The molecule has 1 atom stereocenters. The van der Waals surface area contributed by atoms with E-state index in [0.717, 1.165) is 21.5 Å². The van der Waals surface area contributed by atoms with Crippen molar-refractivity contribution in [2.75, 3.05) is 12.9 Å². The molecule has 5 heteroatoms. The van der Waals surface area contributed by atoms with Crippen LogP contribution in [-0.4, -0.2) is 12.9 Å². The van der Waals surface area contributed by atoms with Crippen molar-refractivity contribution >= 4 is 39.0 Å².